The predicted molar refractivity (Wildman–Crippen MR) is 49.9 cm³/mol. The second kappa shape index (κ2) is 3.75. The zero-order valence-electron chi connectivity index (χ0n) is 7.99. The van der Waals surface area contributed by atoms with Crippen LogP contribution in [0.25, 0.3) is 0 Å². The fraction of sp³-hybridized carbons (Fsp3) is 0.875. The average Bonchev–Trinajstić information content (AvgIpc) is 2.04. The van der Waals surface area contributed by atoms with E-state index in [9.17, 15) is 13.2 Å². The van der Waals surface area contributed by atoms with E-state index < -0.39 is 15.3 Å². The first-order valence-electron chi connectivity index (χ1n) is 4.45. The van der Waals surface area contributed by atoms with Crippen molar-refractivity contribution >= 4 is 15.8 Å². The molecule has 1 heterocycles. The number of sulfonamides is 1. The van der Waals surface area contributed by atoms with Crippen molar-refractivity contribution in [2.24, 2.45) is 0 Å². The molecule has 0 saturated carbocycles. The van der Waals surface area contributed by atoms with E-state index in [0.717, 1.165) is 0 Å². The van der Waals surface area contributed by atoms with Gasteiger partial charge >= 0.3 is 0 Å². The molecule has 0 spiro atoms. The Labute approximate surface area is 79.0 Å². The molecule has 13 heavy (non-hydrogen) atoms. The molecule has 1 aliphatic heterocycles. The molecule has 0 atom stereocenters. The van der Waals surface area contributed by atoms with Crippen molar-refractivity contribution in [2.45, 2.75) is 31.9 Å². The van der Waals surface area contributed by atoms with E-state index in [1.165, 1.54) is 4.31 Å². The van der Waals surface area contributed by atoms with Gasteiger partial charge in [0.15, 0.2) is 0 Å². The Bertz CT molecular complexity index is 295. The van der Waals surface area contributed by atoms with Gasteiger partial charge < -0.3 is 0 Å². The van der Waals surface area contributed by atoms with Crippen LogP contribution >= 0.6 is 0 Å². The zero-order chi connectivity index (χ0) is 10.1. The quantitative estimate of drug-likeness (QED) is 0.655. The number of rotatable bonds is 2. The van der Waals surface area contributed by atoms with Gasteiger partial charge in [-0.15, -0.1) is 0 Å². The zero-order valence-corrected chi connectivity index (χ0v) is 8.80. The van der Waals surface area contributed by atoms with Crippen LogP contribution in [-0.4, -0.2) is 36.8 Å². The monoisotopic (exact) mass is 205 g/mol. The molecule has 0 aromatic rings. The number of nitrogens with zero attached hydrogens (tertiary/aromatic N) is 1. The van der Waals surface area contributed by atoms with Crippen LogP contribution in [0.4, 0.5) is 0 Å². The van der Waals surface area contributed by atoms with E-state index in [4.69, 9.17) is 0 Å². The lowest BCUT2D eigenvalue weighted by atomic mass is 10.1. The van der Waals surface area contributed by atoms with Crippen molar-refractivity contribution in [3.63, 3.8) is 0 Å². The van der Waals surface area contributed by atoms with Gasteiger partial charge in [-0.3, -0.25) is 4.79 Å². The molecular weight excluding hydrogens is 190 g/mol. The summed E-state index contributed by atoms with van der Waals surface area (Å²) in [6, 6.07) is 0. The lowest BCUT2D eigenvalue weighted by Crippen LogP contribution is -2.43. The van der Waals surface area contributed by atoms with E-state index in [-0.39, 0.29) is 12.3 Å². The number of hydrogen-bond acceptors (Lipinski definition) is 3. The Morgan fingerprint density at radius 3 is 2.46 bits per heavy atom. The predicted octanol–water partition coefficient (Wildman–Crippen LogP) is 0.389. The number of hydrogen-bond donors (Lipinski definition) is 0. The van der Waals surface area contributed by atoms with Crippen molar-refractivity contribution in [2.75, 3.05) is 13.1 Å². The van der Waals surface area contributed by atoms with Crippen LogP contribution in [0.3, 0.4) is 0 Å². The van der Waals surface area contributed by atoms with E-state index >= 15 is 0 Å². The molecule has 1 fully saturated rings. The molecule has 0 radical (unpaired) electrons. The summed E-state index contributed by atoms with van der Waals surface area (Å²) >= 11 is 0. The fourth-order valence-electron chi connectivity index (χ4n) is 1.32. The Balaban J connectivity index is 2.77. The molecule has 1 saturated heterocycles. The average molecular weight is 205 g/mol. The minimum absolute atomic E-state index is 0.0236. The summed E-state index contributed by atoms with van der Waals surface area (Å²) in [5.74, 6) is 0.0236. The number of carbonyl (C=O) groups excluding carboxylic acids is 1. The summed E-state index contributed by atoms with van der Waals surface area (Å²) in [7, 11) is -3.22. The fourth-order valence-corrected chi connectivity index (χ4v) is 2.63. The summed E-state index contributed by atoms with van der Waals surface area (Å²) in [5, 5.41) is -0.432. The minimum Gasteiger partial charge on any atom is -0.298 e. The Hall–Kier alpha value is -0.420. The number of piperidine rings is 1. The molecule has 0 unspecified atom stereocenters. The van der Waals surface area contributed by atoms with Gasteiger partial charge in [-0.2, -0.15) is 4.31 Å². The van der Waals surface area contributed by atoms with Crippen LogP contribution in [0.1, 0.15) is 26.7 Å². The molecule has 1 aliphatic rings. The van der Waals surface area contributed by atoms with Crippen molar-refractivity contribution in [1.82, 2.24) is 4.31 Å². The molecular formula is C8H15NO3S. The van der Waals surface area contributed by atoms with Crippen molar-refractivity contribution in [1.29, 1.82) is 0 Å². The van der Waals surface area contributed by atoms with Crippen LogP contribution in [0.5, 0.6) is 0 Å². The largest absolute Gasteiger partial charge is 0.298 e. The highest BCUT2D eigenvalue weighted by atomic mass is 32.2. The van der Waals surface area contributed by atoms with Crippen molar-refractivity contribution in [3.05, 3.63) is 0 Å². The van der Waals surface area contributed by atoms with E-state index in [1.54, 1.807) is 13.8 Å². The second-order valence-corrected chi connectivity index (χ2v) is 6.06. The van der Waals surface area contributed by atoms with Gasteiger partial charge in [0.05, 0.1) is 11.8 Å². The number of carbonyl (C=O) groups is 1. The van der Waals surface area contributed by atoms with Gasteiger partial charge in [0.25, 0.3) is 0 Å². The number of Topliss-reactive ketones (excluding diaryl/α,β-unsaturated/α-hetero) is 1. The van der Waals surface area contributed by atoms with E-state index in [2.05, 4.69) is 0 Å². The maximum absolute atomic E-state index is 11.6. The summed E-state index contributed by atoms with van der Waals surface area (Å²) in [5.41, 5.74) is 0. The second-order valence-electron chi connectivity index (χ2n) is 3.57. The molecule has 0 N–H and O–H groups in total. The Morgan fingerprint density at radius 2 is 2.00 bits per heavy atom. The highest BCUT2D eigenvalue weighted by Gasteiger charge is 2.29. The summed E-state index contributed by atoms with van der Waals surface area (Å²) < 4.78 is 24.5. The molecule has 1 rings (SSSR count). The smallest absolute Gasteiger partial charge is 0.216 e. The lowest BCUT2D eigenvalue weighted by molar-refractivity contribution is -0.120. The summed E-state index contributed by atoms with van der Waals surface area (Å²) in [6.07, 6.45) is 1.18. The first-order valence-corrected chi connectivity index (χ1v) is 5.95. The van der Waals surface area contributed by atoms with Gasteiger partial charge in [-0.1, -0.05) is 0 Å². The first-order chi connectivity index (χ1) is 5.94. The molecule has 76 valence electrons. The molecule has 0 bridgehead atoms. The third kappa shape index (κ3) is 2.28. The maximum atomic E-state index is 11.6. The SMILES string of the molecule is CC(C)S(=O)(=O)N1CCCC(=O)C1. The molecule has 0 aromatic heterocycles. The van der Waals surface area contributed by atoms with Crippen molar-refractivity contribution < 1.29 is 13.2 Å². The van der Waals surface area contributed by atoms with Gasteiger partial charge in [0.2, 0.25) is 10.0 Å². The normalized spacial score (nSPS) is 21.0. The van der Waals surface area contributed by atoms with Crippen molar-refractivity contribution in [3.8, 4) is 0 Å². The number of ketones is 1. The molecule has 0 aliphatic carbocycles. The maximum Gasteiger partial charge on any atom is 0.216 e. The molecule has 5 heteroatoms. The van der Waals surface area contributed by atoms with E-state index in [1.807, 2.05) is 0 Å². The van der Waals surface area contributed by atoms with Gasteiger partial charge in [0.1, 0.15) is 5.78 Å². The highest BCUT2D eigenvalue weighted by Crippen LogP contribution is 2.14. The Kier molecular flexibility index (Phi) is 3.08. The van der Waals surface area contributed by atoms with Gasteiger partial charge in [0, 0.05) is 13.0 Å². The van der Waals surface area contributed by atoms with Crippen LogP contribution in [-0.2, 0) is 14.8 Å². The third-order valence-electron chi connectivity index (χ3n) is 2.17. The highest BCUT2D eigenvalue weighted by molar-refractivity contribution is 7.89. The van der Waals surface area contributed by atoms with Crippen LogP contribution < -0.4 is 0 Å². The third-order valence-corrected chi connectivity index (χ3v) is 4.39. The molecule has 0 aromatic carbocycles. The lowest BCUT2D eigenvalue weighted by Gasteiger charge is -2.26. The molecule has 0 amide bonds. The van der Waals surface area contributed by atoms with Crippen LogP contribution in [0, 0.1) is 0 Å². The Morgan fingerprint density at radius 1 is 1.38 bits per heavy atom. The topological polar surface area (TPSA) is 54.5 Å². The summed E-state index contributed by atoms with van der Waals surface area (Å²) in [6.45, 7) is 3.83. The molecule has 4 nitrogen and oxygen atoms in total. The minimum atomic E-state index is -3.22. The first kappa shape index (κ1) is 10.7. The van der Waals surface area contributed by atoms with Gasteiger partial charge in [-0.05, 0) is 20.3 Å². The van der Waals surface area contributed by atoms with Crippen LogP contribution in [0.2, 0.25) is 0 Å². The summed E-state index contributed by atoms with van der Waals surface area (Å²) in [4.78, 5) is 11.0. The van der Waals surface area contributed by atoms with Gasteiger partial charge in [-0.25, -0.2) is 8.42 Å². The van der Waals surface area contributed by atoms with Crippen LogP contribution in [0.15, 0.2) is 0 Å². The van der Waals surface area contributed by atoms with E-state index in [0.29, 0.717) is 19.4 Å². The standard InChI is InChI=1S/C8H15NO3S/c1-7(2)13(11,12)9-5-3-4-8(10)6-9/h7H,3-6H2,1-2H3.